The number of aliphatic imine (C=N–C) groups is 1. The van der Waals surface area contributed by atoms with E-state index in [9.17, 15) is 4.79 Å². The van der Waals surface area contributed by atoms with Crippen LogP contribution in [-0.2, 0) is 18.3 Å². The zero-order valence-electron chi connectivity index (χ0n) is 17.6. The van der Waals surface area contributed by atoms with Gasteiger partial charge in [-0.3, -0.25) is 14.5 Å². The third-order valence-corrected chi connectivity index (χ3v) is 5.23. The maximum Gasteiger partial charge on any atom is 0.222 e. The van der Waals surface area contributed by atoms with Gasteiger partial charge in [0.25, 0.3) is 0 Å². The first kappa shape index (κ1) is 21.3. The Morgan fingerprint density at radius 1 is 1.33 bits per heavy atom. The van der Waals surface area contributed by atoms with Gasteiger partial charge in [0.05, 0.1) is 12.2 Å². The quantitative estimate of drug-likeness (QED) is 0.478. The molecule has 1 aromatic rings. The first-order chi connectivity index (χ1) is 12.9. The SMILES string of the molecule is CCNC(=NCCC(=O)NC1CCCC1)NC(C)Cc1c(C)nn(C)c1C. The molecule has 1 saturated carbocycles. The van der Waals surface area contributed by atoms with E-state index in [-0.39, 0.29) is 11.9 Å². The minimum Gasteiger partial charge on any atom is -0.357 e. The molecule has 0 aromatic carbocycles. The van der Waals surface area contributed by atoms with E-state index in [1.165, 1.54) is 24.1 Å². The highest BCUT2D eigenvalue weighted by atomic mass is 16.1. The normalized spacial score (nSPS) is 16.4. The predicted molar refractivity (Wildman–Crippen MR) is 110 cm³/mol. The molecular formula is C20H36N6O. The Morgan fingerprint density at radius 2 is 2.04 bits per heavy atom. The van der Waals surface area contributed by atoms with E-state index in [2.05, 4.69) is 46.8 Å². The second-order valence-electron chi connectivity index (χ2n) is 7.58. The number of hydrogen-bond donors (Lipinski definition) is 3. The van der Waals surface area contributed by atoms with Crippen molar-refractivity contribution in [2.24, 2.45) is 12.0 Å². The van der Waals surface area contributed by atoms with Crippen LogP contribution in [-0.4, -0.2) is 46.8 Å². The topological polar surface area (TPSA) is 83.3 Å². The van der Waals surface area contributed by atoms with Crippen molar-refractivity contribution in [1.82, 2.24) is 25.7 Å². The summed E-state index contributed by atoms with van der Waals surface area (Å²) in [7, 11) is 1.98. The summed E-state index contributed by atoms with van der Waals surface area (Å²) in [5.74, 6) is 0.869. The molecule has 7 nitrogen and oxygen atoms in total. The lowest BCUT2D eigenvalue weighted by molar-refractivity contribution is -0.121. The van der Waals surface area contributed by atoms with Gasteiger partial charge >= 0.3 is 0 Å². The van der Waals surface area contributed by atoms with Crippen molar-refractivity contribution in [1.29, 1.82) is 0 Å². The number of carbonyl (C=O) groups is 1. The van der Waals surface area contributed by atoms with E-state index in [1.54, 1.807) is 0 Å². The fourth-order valence-corrected chi connectivity index (χ4v) is 3.66. The molecule has 1 atom stereocenters. The molecule has 0 saturated heterocycles. The average molecular weight is 377 g/mol. The molecule has 1 fully saturated rings. The number of carbonyl (C=O) groups excluding carboxylic acids is 1. The van der Waals surface area contributed by atoms with Gasteiger partial charge in [-0.1, -0.05) is 12.8 Å². The lowest BCUT2D eigenvalue weighted by Crippen LogP contribution is -2.43. The van der Waals surface area contributed by atoms with Crippen molar-refractivity contribution in [2.75, 3.05) is 13.1 Å². The maximum atomic E-state index is 12.0. The number of aryl methyl sites for hydroxylation is 2. The van der Waals surface area contributed by atoms with Crippen molar-refractivity contribution >= 4 is 11.9 Å². The Labute approximate surface area is 163 Å². The monoisotopic (exact) mass is 376 g/mol. The molecule has 2 rings (SSSR count). The zero-order chi connectivity index (χ0) is 19.8. The van der Waals surface area contributed by atoms with Gasteiger partial charge in [-0.25, -0.2) is 0 Å². The van der Waals surface area contributed by atoms with Crippen LogP contribution < -0.4 is 16.0 Å². The van der Waals surface area contributed by atoms with E-state index < -0.39 is 0 Å². The van der Waals surface area contributed by atoms with Gasteiger partial charge in [0.1, 0.15) is 0 Å². The van der Waals surface area contributed by atoms with E-state index >= 15 is 0 Å². The predicted octanol–water partition coefficient (Wildman–Crippen LogP) is 1.97. The zero-order valence-corrected chi connectivity index (χ0v) is 17.6. The standard InChI is InChI=1S/C20H36N6O/c1-6-21-20(22-12-11-19(27)24-17-9-7-8-10-17)23-14(2)13-18-15(3)25-26(5)16(18)4/h14,17H,6-13H2,1-5H3,(H,24,27)(H2,21,22,23). The van der Waals surface area contributed by atoms with Crippen LogP contribution in [0.5, 0.6) is 0 Å². The maximum absolute atomic E-state index is 12.0. The van der Waals surface area contributed by atoms with Crippen LogP contribution in [0.3, 0.4) is 0 Å². The Bertz CT molecular complexity index is 645. The van der Waals surface area contributed by atoms with E-state index in [1.807, 2.05) is 18.7 Å². The molecule has 27 heavy (non-hydrogen) atoms. The third kappa shape index (κ3) is 6.56. The molecule has 1 heterocycles. The fourth-order valence-electron chi connectivity index (χ4n) is 3.66. The van der Waals surface area contributed by atoms with Gasteiger partial charge < -0.3 is 16.0 Å². The second kappa shape index (κ2) is 10.3. The van der Waals surface area contributed by atoms with E-state index in [0.29, 0.717) is 19.0 Å². The van der Waals surface area contributed by atoms with Crippen LogP contribution in [0.25, 0.3) is 0 Å². The number of rotatable bonds is 8. The van der Waals surface area contributed by atoms with Crippen molar-refractivity contribution in [3.05, 3.63) is 17.0 Å². The number of aromatic nitrogens is 2. The molecule has 0 radical (unpaired) electrons. The summed E-state index contributed by atoms with van der Waals surface area (Å²) in [6.07, 6.45) is 6.00. The number of amides is 1. The Hall–Kier alpha value is -2.05. The lowest BCUT2D eigenvalue weighted by atomic mass is 10.1. The minimum atomic E-state index is 0.108. The van der Waals surface area contributed by atoms with Gasteiger partial charge in [-0.2, -0.15) is 5.10 Å². The van der Waals surface area contributed by atoms with E-state index in [4.69, 9.17) is 0 Å². The largest absolute Gasteiger partial charge is 0.357 e. The van der Waals surface area contributed by atoms with Crippen molar-refractivity contribution in [2.45, 2.75) is 78.3 Å². The summed E-state index contributed by atoms with van der Waals surface area (Å²) in [4.78, 5) is 16.6. The van der Waals surface area contributed by atoms with Crippen LogP contribution in [0, 0.1) is 13.8 Å². The Balaban J connectivity index is 1.83. The van der Waals surface area contributed by atoms with Crippen molar-refractivity contribution < 1.29 is 4.79 Å². The van der Waals surface area contributed by atoms with Crippen LogP contribution in [0.4, 0.5) is 0 Å². The van der Waals surface area contributed by atoms with Crippen LogP contribution in [0.15, 0.2) is 4.99 Å². The number of nitrogens with zero attached hydrogens (tertiary/aromatic N) is 3. The van der Waals surface area contributed by atoms with E-state index in [0.717, 1.165) is 37.5 Å². The van der Waals surface area contributed by atoms with Gasteiger partial charge in [0.15, 0.2) is 5.96 Å². The average Bonchev–Trinajstić information content (AvgIpc) is 3.19. The molecule has 0 spiro atoms. The molecule has 1 amide bonds. The number of guanidine groups is 1. The highest BCUT2D eigenvalue weighted by Gasteiger charge is 2.17. The number of nitrogens with one attached hydrogen (secondary N) is 3. The molecule has 3 N–H and O–H groups in total. The lowest BCUT2D eigenvalue weighted by Gasteiger charge is -2.18. The molecular weight excluding hydrogens is 340 g/mol. The molecule has 152 valence electrons. The Morgan fingerprint density at radius 3 is 2.63 bits per heavy atom. The van der Waals surface area contributed by atoms with Crippen LogP contribution in [0.2, 0.25) is 0 Å². The summed E-state index contributed by atoms with van der Waals surface area (Å²) in [5, 5.41) is 14.3. The smallest absolute Gasteiger partial charge is 0.222 e. The summed E-state index contributed by atoms with van der Waals surface area (Å²) in [6.45, 7) is 9.63. The molecule has 1 unspecified atom stereocenters. The first-order valence-corrected chi connectivity index (χ1v) is 10.2. The van der Waals surface area contributed by atoms with Gasteiger partial charge in [-0.05, 0) is 52.5 Å². The summed E-state index contributed by atoms with van der Waals surface area (Å²) < 4.78 is 1.93. The minimum absolute atomic E-state index is 0.108. The summed E-state index contributed by atoms with van der Waals surface area (Å²) >= 11 is 0. The van der Waals surface area contributed by atoms with Crippen molar-refractivity contribution in [3.8, 4) is 0 Å². The van der Waals surface area contributed by atoms with Gasteiger partial charge in [0, 0.05) is 37.8 Å². The molecule has 0 aliphatic heterocycles. The molecule has 1 aliphatic rings. The third-order valence-electron chi connectivity index (χ3n) is 5.23. The molecule has 0 bridgehead atoms. The van der Waals surface area contributed by atoms with Crippen LogP contribution >= 0.6 is 0 Å². The van der Waals surface area contributed by atoms with Crippen LogP contribution in [0.1, 0.15) is 62.9 Å². The highest BCUT2D eigenvalue weighted by molar-refractivity contribution is 5.81. The molecule has 1 aromatic heterocycles. The Kier molecular flexibility index (Phi) is 8.13. The highest BCUT2D eigenvalue weighted by Crippen LogP contribution is 2.17. The summed E-state index contributed by atoms with van der Waals surface area (Å²) in [5.41, 5.74) is 3.56. The number of hydrogen-bond acceptors (Lipinski definition) is 3. The van der Waals surface area contributed by atoms with Gasteiger partial charge in [-0.15, -0.1) is 0 Å². The summed E-state index contributed by atoms with van der Waals surface area (Å²) in [6, 6.07) is 0.593. The van der Waals surface area contributed by atoms with Gasteiger partial charge in [0.2, 0.25) is 5.91 Å². The second-order valence-corrected chi connectivity index (χ2v) is 7.58. The van der Waals surface area contributed by atoms with Crippen molar-refractivity contribution in [3.63, 3.8) is 0 Å². The molecule has 7 heteroatoms. The fraction of sp³-hybridized carbons (Fsp3) is 0.750. The first-order valence-electron chi connectivity index (χ1n) is 10.2. The molecule has 1 aliphatic carbocycles.